The molecule has 16 heavy (non-hydrogen) atoms. The lowest BCUT2D eigenvalue weighted by Gasteiger charge is -2.16. The molecule has 3 N–H and O–H groups in total. The molecule has 1 amide bonds. The van der Waals surface area contributed by atoms with Gasteiger partial charge < -0.3 is 16.0 Å². The van der Waals surface area contributed by atoms with Crippen LogP contribution in [-0.2, 0) is 11.3 Å². The highest BCUT2D eigenvalue weighted by molar-refractivity contribution is 5.75. The molecule has 0 saturated heterocycles. The van der Waals surface area contributed by atoms with Crippen LogP contribution in [0.3, 0.4) is 0 Å². The van der Waals surface area contributed by atoms with Crippen molar-refractivity contribution in [3.05, 3.63) is 29.8 Å². The molecule has 4 heteroatoms. The second-order valence-corrected chi connectivity index (χ2v) is 3.91. The Morgan fingerprint density at radius 1 is 1.50 bits per heavy atom. The van der Waals surface area contributed by atoms with Gasteiger partial charge in [0.2, 0.25) is 5.91 Å². The Labute approximate surface area is 96.4 Å². The Balaban J connectivity index is 2.39. The van der Waals surface area contributed by atoms with E-state index in [1.54, 1.807) is 7.05 Å². The van der Waals surface area contributed by atoms with Gasteiger partial charge in [-0.1, -0.05) is 12.1 Å². The Morgan fingerprint density at radius 3 is 2.88 bits per heavy atom. The van der Waals surface area contributed by atoms with Gasteiger partial charge in [-0.05, 0) is 24.7 Å². The van der Waals surface area contributed by atoms with Gasteiger partial charge in [0, 0.05) is 32.2 Å². The molecule has 0 aliphatic rings. The van der Waals surface area contributed by atoms with Crippen molar-refractivity contribution in [3.63, 3.8) is 0 Å². The van der Waals surface area contributed by atoms with Crippen molar-refractivity contribution < 1.29 is 4.79 Å². The molecule has 0 radical (unpaired) electrons. The van der Waals surface area contributed by atoms with E-state index in [0.29, 0.717) is 6.42 Å². The average molecular weight is 221 g/mol. The molecule has 0 unspecified atom stereocenters. The smallest absolute Gasteiger partial charge is 0.221 e. The number of anilines is 1. The number of nitrogens with one attached hydrogen (secondary N) is 1. The minimum atomic E-state index is 0.0689. The van der Waals surface area contributed by atoms with Crippen LogP contribution < -0.4 is 11.1 Å². The summed E-state index contributed by atoms with van der Waals surface area (Å²) in [5.41, 5.74) is 7.64. The summed E-state index contributed by atoms with van der Waals surface area (Å²) in [5.74, 6) is 0.0689. The molecule has 1 aromatic rings. The van der Waals surface area contributed by atoms with Gasteiger partial charge in [0.15, 0.2) is 0 Å². The Bertz CT molecular complexity index is 352. The molecular formula is C12H19N3O. The number of nitrogens with zero attached hydrogens (tertiary/aromatic N) is 1. The van der Waals surface area contributed by atoms with Crippen molar-refractivity contribution in [1.29, 1.82) is 0 Å². The molecule has 88 valence electrons. The van der Waals surface area contributed by atoms with Crippen molar-refractivity contribution >= 4 is 11.6 Å². The SMILES string of the molecule is CNC(=O)CCN(C)Cc1cccc(N)c1. The molecule has 0 aliphatic carbocycles. The van der Waals surface area contributed by atoms with Crippen molar-refractivity contribution in [3.8, 4) is 0 Å². The number of rotatable bonds is 5. The zero-order valence-electron chi connectivity index (χ0n) is 9.86. The summed E-state index contributed by atoms with van der Waals surface area (Å²) in [6, 6.07) is 7.80. The van der Waals surface area contributed by atoms with Crippen LogP contribution in [0.25, 0.3) is 0 Å². The molecule has 0 atom stereocenters. The quantitative estimate of drug-likeness (QED) is 0.724. The topological polar surface area (TPSA) is 58.4 Å². The largest absolute Gasteiger partial charge is 0.399 e. The third-order valence-electron chi connectivity index (χ3n) is 2.40. The third kappa shape index (κ3) is 4.31. The first-order valence-corrected chi connectivity index (χ1v) is 5.35. The maximum absolute atomic E-state index is 11.1. The Kier molecular flexibility index (Phi) is 4.79. The van der Waals surface area contributed by atoms with Crippen LogP contribution in [0.15, 0.2) is 24.3 Å². The lowest BCUT2D eigenvalue weighted by molar-refractivity contribution is -0.120. The molecule has 0 bridgehead atoms. The average Bonchev–Trinajstić information content (AvgIpc) is 2.26. The van der Waals surface area contributed by atoms with Crippen molar-refractivity contribution in [2.24, 2.45) is 0 Å². The fraction of sp³-hybridized carbons (Fsp3) is 0.417. The van der Waals surface area contributed by atoms with Crippen molar-refractivity contribution in [2.75, 3.05) is 26.4 Å². The van der Waals surface area contributed by atoms with E-state index in [2.05, 4.69) is 10.2 Å². The van der Waals surface area contributed by atoms with E-state index < -0.39 is 0 Å². The first kappa shape index (κ1) is 12.5. The fourth-order valence-corrected chi connectivity index (χ4v) is 1.50. The van der Waals surface area contributed by atoms with Gasteiger partial charge in [-0.2, -0.15) is 0 Å². The number of carbonyl (C=O) groups is 1. The van der Waals surface area contributed by atoms with E-state index in [9.17, 15) is 4.79 Å². The van der Waals surface area contributed by atoms with Crippen molar-refractivity contribution in [2.45, 2.75) is 13.0 Å². The highest BCUT2D eigenvalue weighted by Gasteiger charge is 2.03. The van der Waals surface area contributed by atoms with Gasteiger partial charge in [0.25, 0.3) is 0 Å². The highest BCUT2D eigenvalue weighted by Crippen LogP contribution is 2.08. The molecule has 0 spiro atoms. The van der Waals surface area contributed by atoms with Gasteiger partial charge in [-0.3, -0.25) is 4.79 Å². The standard InChI is InChI=1S/C12H19N3O/c1-14-12(16)6-7-15(2)9-10-4-3-5-11(13)8-10/h3-5,8H,6-7,9,13H2,1-2H3,(H,14,16). The van der Waals surface area contributed by atoms with E-state index in [1.165, 1.54) is 5.56 Å². The number of nitrogen functional groups attached to an aromatic ring is 1. The molecule has 0 aliphatic heterocycles. The van der Waals surface area contributed by atoms with E-state index in [0.717, 1.165) is 18.8 Å². The van der Waals surface area contributed by atoms with E-state index >= 15 is 0 Å². The molecule has 0 saturated carbocycles. The molecule has 0 aromatic heterocycles. The van der Waals surface area contributed by atoms with Gasteiger partial charge in [0.05, 0.1) is 0 Å². The summed E-state index contributed by atoms with van der Waals surface area (Å²) in [6.45, 7) is 1.55. The summed E-state index contributed by atoms with van der Waals surface area (Å²) in [5, 5.41) is 2.61. The second-order valence-electron chi connectivity index (χ2n) is 3.91. The summed E-state index contributed by atoms with van der Waals surface area (Å²) < 4.78 is 0. The monoisotopic (exact) mass is 221 g/mol. The summed E-state index contributed by atoms with van der Waals surface area (Å²) >= 11 is 0. The lowest BCUT2D eigenvalue weighted by atomic mass is 10.2. The second kappa shape index (κ2) is 6.12. The number of hydrogen-bond donors (Lipinski definition) is 2. The van der Waals surface area contributed by atoms with Crippen LogP contribution in [0.4, 0.5) is 5.69 Å². The number of benzene rings is 1. The minimum absolute atomic E-state index is 0.0689. The van der Waals surface area contributed by atoms with Crippen LogP contribution in [0, 0.1) is 0 Å². The minimum Gasteiger partial charge on any atom is -0.399 e. The number of hydrogen-bond acceptors (Lipinski definition) is 3. The predicted molar refractivity (Wildman–Crippen MR) is 65.9 cm³/mol. The third-order valence-corrected chi connectivity index (χ3v) is 2.40. The normalized spacial score (nSPS) is 10.4. The summed E-state index contributed by atoms with van der Waals surface area (Å²) in [4.78, 5) is 13.2. The zero-order valence-corrected chi connectivity index (χ0v) is 9.86. The number of amides is 1. The van der Waals surface area contributed by atoms with Crippen LogP contribution in [0.5, 0.6) is 0 Å². The molecule has 0 heterocycles. The van der Waals surface area contributed by atoms with Crippen LogP contribution >= 0.6 is 0 Å². The van der Waals surface area contributed by atoms with Gasteiger partial charge in [0.1, 0.15) is 0 Å². The molecular weight excluding hydrogens is 202 g/mol. The number of nitrogens with two attached hydrogens (primary N) is 1. The van der Waals surface area contributed by atoms with Crippen LogP contribution in [0.2, 0.25) is 0 Å². The van der Waals surface area contributed by atoms with E-state index in [1.807, 2.05) is 31.3 Å². The molecule has 4 nitrogen and oxygen atoms in total. The van der Waals surface area contributed by atoms with Crippen LogP contribution in [0.1, 0.15) is 12.0 Å². The van der Waals surface area contributed by atoms with E-state index in [-0.39, 0.29) is 5.91 Å². The molecule has 1 aromatic carbocycles. The predicted octanol–water partition coefficient (Wildman–Crippen LogP) is 0.837. The summed E-state index contributed by atoms with van der Waals surface area (Å²) in [6.07, 6.45) is 0.523. The fourth-order valence-electron chi connectivity index (χ4n) is 1.50. The maximum Gasteiger partial charge on any atom is 0.221 e. The summed E-state index contributed by atoms with van der Waals surface area (Å²) in [7, 11) is 3.65. The Hall–Kier alpha value is -1.55. The van der Waals surface area contributed by atoms with Gasteiger partial charge in [-0.15, -0.1) is 0 Å². The maximum atomic E-state index is 11.1. The van der Waals surface area contributed by atoms with E-state index in [4.69, 9.17) is 5.73 Å². The van der Waals surface area contributed by atoms with Gasteiger partial charge >= 0.3 is 0 Å². The van der Waals surface area contributed by atoms with Gasteiger partial charge in [-0.25, -0.2) is 0 Å². The van der Waals surface area contributed by atoms with Crippen LogP contribution in [-0.4, -0.2) is 31.4 Å². The lowest BCUT2D eigenvalue weighted by Crippen LogP contribution is -2.26. The first-order chi connectivity index (χ1) is 7.61. The highest BCUT2D eigenvalue weighted by atomic mass is 16.1. The first-order valence-electron chi connectivity index (χ1n) is 5.35. The molecule has 1 rings (SSSR count). The molecule has 0 fully saturated rings. The Morgan fingerprint density at radius 2 is 2.25 bits per heavy atom. The zero-order chi connectivity index (χ0) is 12.0. The van der Waals surface area contributed by atoms with Crippen molar-refractivity contribution in [1.82, 2.24) is 10.2 Å². The number of carbonyl (C=O) groups excluding carboxylic acids is 1.